The molecule has 0 saturated heterocycles. The van der Waals surface area contributed by atoms with Gasteiger partial charge in [0.2, 0.25) is 0 Å². The lowest BCUT2D eigenvalue weighted by Gasteiger charge is -2.27. The molecule has 1 aromatic rings. The van der Waals surface area contributed by atoms with Gasteiger partial charge in [-0.1, -0.05) is 26.8 Å². The molecule has 21 heavy (non-hydrogen) atoms. The normalized spacial score (nSPS) is 13.0. The van der Waals surface area contributed by atoms with Crippen LogP contribution in [0.2, 0.25) is 0 Å². The lowest BCUT2D eigenvalue weighted by Crippen LogP contribution is -2.36. The molecule has 0 unspecified atom stereocenters. The van der Waals surface area contributed by atoms with Gasteiger partial charge in [-0.3, -0.25) is 0 Å². The van der Waals surface area contributed by atoms with E-state index in [1.807, 2.05) is 18.2 Å². The molecule has 0 aliphatic rings. The second kappa shape index (κ2) is 8.25. The molecule has 0 heterocycles. The predicted molar refractivity (Wildman–Crippen MR) is 86.1 cm³/mol. The fraction of sp³-hybridized carbons (Fsp3) is 0.647. The molecule has 0 fully saturated rings. The third kappa shape index (κ3) is 5.94. The van der Waals surface area contributed by atoms with Crippen LogP contribution in [0.15, 0.2) is 18.2 Å². The van der Waals surface area contributed by atoms with E-state index in [9.17, 15) is 0 Å². The smallest absolute Gasteiger partial charge is 0.161 e. The van der Waals surface area contributed by atoms with E-state index in [1.54, 1.807) is 14.2 Å². The number of rotatable bonds is 8. The van der Waals surface area contributed by atoms with Gasteiger partial charge in [-0.2, -0.15) is 0 Å². The van der Waals surface area contributed by atoms with Gasteiger partial charge >= 0.3 is 0 Å². The standard InChI is InChI=1S/C17H29NO3/c1-17(2,3)16(18)12-13-7-8-14(20-5)15(11-13)21-10-6-9-19-4/h7-8,11,16H,6,9-10,12,18H2,1-5H3/t16-/m1/s1. The van der Waals surface area contributed by atoms with Gasteiger partial charge in [0.1, 0.15) is 0 Å². The highest BCUT2D eigenvalue weighted by atomic mass is 16.5. The Morgan fingerprint density at radius 1 is 1.10 bits per heavy atom. The molecule has 1 aromatic carbocycles. The summed E-state index contributed by atoms with van der Waals surface area (Å²) in [6.45, 7) is 7.77. The summed E-state index contributed by atoms with van der Waals surface area (Å²) in [4.78, 5) is 0. The molecule has 1 atom stereocenters. The maximum Gasteiger partial charge on any atom is 0.161 e. The molecule has 120 valence electrons. The molecule has 0 spiro atoms. The fourth-order valence-electron chi connectivity index (χ4n) is 1.91. The Labute approximate surface area is 128 Å². The summed E-state index contributed by atoms with van der Waals surface area (Å²) in [7, 11) is 3.34. The van der Waals surface area contributed by atoms with E-state index in [-0.39, 0.29) is 11.5 Å². The number of nitrogens with two attached hydrogens (primary N) is 1. The number of ether oxygens (including phenoxy) is 3. The van der Waals surface area contributed by atoms with Crippen LogP contribution in [0.4, 0.5) is 0 Å². The maximum atomic E-state index is 6.25. The van der Waals surface area contributed by atoms with Crippen molar-refractivity contribution in [2.75, 3.05) is 27.4 Å². The monoisotopic (exact) mass is 295 g/mol. The van der Waals surface area contributed by atoms with Crippen LogP contribution in [0.3, 0.4) is 0 Å². The minimum atomic E-state index is 0.0828. The van der Waals surface area contributed by atoms with Crippen molar-refractivity contribution in [3.8, 4) is 11.5 Å². The topological polar surface area (TPSA) is 53.7 Å². The molecule has 1 rings (SSSR count). The van der Waals surface area contributed by atoms with Crippen molar-refractivity contribution in [3.05, 3.63) is 23.8 Å². The van der Waals surface area contributed by atoms with E-state index in [1.165, 1.54) is 5.56 Å². The van der Waals surface area contributed by atoms with Gasteiger partial charge in [0.15, 0.2) is 11.5 Å². The third-order valence-electron chi connectivity index (χ3n) is 3.55. The van der Waals surface area contributed by atoms with E-state index in [4.69, 9.17) is 19.9 Å². The summed E-state index contributed by atoms with van der Waals surface area (Å²) in [6.07, 6.45) is 1.67. The van der Waals surface area contributed by atoms with Crippen molar-refractivity contribution in [1.29, 1.82) is 0 Å². The molecule has 0 saturated carbocycles. The Morgan fingerprint density at radius 2 is 1.81 bits per heavy atom. The van der Waals surface area contributed by atoms with Crippen molar-refractivity contribution in [2.45, 2.75) is 39.7 Å². The molecule has 0 bridgehead atoms. The Hall–Kier alpha value is -1.26. The molecule has 4 nitrogen and oxygen atoms in total. The minimum Gasteiger partial charge on any atom is -0.493 e. The molecule has 0 aromatic heterocycles. The van der Waals surface area contributed by atoms with Crippen LogP contribution in [-0.2, 0) is 11.2 Å². The second-order valence-corrected chi connectivity index (χ2v) is 6.36. The average Bonchev–Trinajstić information content (AvgIpc) is 2.43. The van der Waals surface area contributed by atoms with Gasteiger partial charge in [0.05, 0.1) is 13.7 Å². The van der Waals surface area contributed by atoms with Crippen LogP contribution < -0.4 is 15.2 Å². The van der Waals surface area contributed by atoms with Crippen molar-refractivity contribution in [2.24, 2.45) is 11.1 Å². The Kier molecular flexibility index (Phi) is 6.99. The average molecular weight is 295 g/mol. The zero-order valence-electron chi connectivity index (χ0n) is 13.9. The molecule has 4 heteroatoms. The molecular weight excluding hydrogens is 266 g/mol. The van der Waals surface area contributed by atoms with E-state index >= 15 is 0 Å². The minimum absolute atomic E-state index is 0.0828. The summed E-state index contributed by atoms with van der Waals surface area (Å²) in [5.41, 5.74) is 7.50. The van der Waals surface area contributed by atoms with Crippen molar-refractivity contribution in [3.63, 3.8) is 0 Å². The Bertz CT molecular complexity index is 427. The maximum absolute atomic E-state index is 6.25. The van der Waals surface area contributed by atoms with Gasteiger partial charge < -0.3 is 19.9 Å². The summed E-state index contributed by atoms with van der Waals surface area (Å²) < 4.78 is 16.2. The number of benzene rings is 1. The van der Waals surface area contributed by atoms with Crippen molar-refractivity contribution >= 4 is 0 Å². The Morgan fingerprint density at radius 3 is 2.38 bits per heavy atom. The highest BCUT2D eigenvalue weighted by molar-refractivity contribution is 5.43. The van der Waals surface area contributed by atoms with Crippen LogP contribution >= 0.6 is 0 Å². The summed E-state index contributed by atoms with van der Waals surface area (Å²) in [6, 6.07) is 6.12. The largest absolute Gasteiger partial charge is 0.493 e. The quantitative estimate of drug-likeness (QED) is 0.749. The van der Waals surface area contributed by atoms with Crippen LogP contribution in [0.1, 0.15) is 32.8 Å². The van der Waals surface area contributed by atoms with E-state index in [0.29, 0.717) is 13.2 Å². The molecule has 2 N–H and O–H groups in total. The first-order valence-corrected chi connectivity index (χ1v) is 7.42. The van der Waals surface area contributed by atoms with Gasteiger partial charge in [-0.05, 0) is 29.5 Å². The van der Waals surface area contributed by atoms with Crippen molar-refractivity contribution < 1.29 is 14.2 Å². The van der Waals surface area contributed by atoms with Crippen LogP contribution in [-0.4, -0.2) is 33.5 Å². The zero-order valence-corrected chi connectivity index (χ0v) is 13.9. The zero-order chi connectivity index (χ0) is 15.9. The van der Waals surface area contributed by atoms with E-state index < -0.39 is 0 Å². The molecule has 0 amide bonds. The highest BCUT2D eigenvalue weighted by Crippen LogP contribution is 2.30. The number of hydrogen-bond acceptors (Lipinski definition) is 4. The summed E-state index contributed by atoms with van der Waals surface area (Å²) in [5.74, 6) is 1.52. The van der Waals surface area contributed by atoms with Gasteiger partial charge in [0.25, 0.3) is 0 Å². The first-order chi connectivity index (χ1) is 9.88. The molecule has 0 radical (unpaired) electrons. The molecule has 0 aliphatic heterocycles. The lowest BCUT2D eigenvalue weighted by atomic mass is 9.84. The van der Waals surface area contributed by atoms with Gasteiger partial charge in [0, 0.05) is 26.2 Å². The fourth-order valence-corrected chi connectivity index (χ4v) is 1.91. The van der Waals surface area contributed by atoms with Gasteiger partial charge in [-0.15, -0.1) is 0 Å². The van der Waals surface area contributed by atoms with Gasteiger partial charge in [-0.25, -0.2) is 0 Å². The van der Waals surface area contributed by atoms with Crippen LogP contribution in [0.5, 0.6) is 11.5 Å². The molecular formula is C17H29NO3. The predicted octanol–water partition coefficient (Wildman–Crippen LogP) is 3.03. The molecule has 0 aliphatic carbocycles. The van der Waals surface area contributed by atoms with Crippen LogP contribution in [0.25, 0.3) is 0 Å². The number of hydrogen-bond donors (Lipinski definition) is 1. The lowest BCUT2D eigenvalue weighted by molar-refractivity contribution is 0.170. The van der Waals surface area contributed by atoms with E-state index in [0.717, 1.165) is 24.3 Å². The third-order valence-corrected chi connectivity index (χ3v) is 3.55. The number of methoxy groups -OCH3 is 2. The summed E-state index contributed by atoms with van der Waals surface area (Å²) in [5, 5.41) is 0. The van der Waals surface area contributed by atoms with Crippen molar-refractivity contribution in [1.82, 2.24) is 0 Å². The SMILES string of the molecule is COCCCOc1cc(C[C@@H](N)C(C)(C)C)ccc1OC. The first kappa shape index (κ1) is 17.8. The van der Waals surface area contributed by atoms with Crippen LogP contribution in [0, 0.1) is 5.41 Å². The highest BCUT2D eigenvalue weighted by Gasteiger charge is 2.21. The first-order valence-electron chi connectivity index (χ1n) is 7.42. The summed E-state index contributed by atoms with van der Waals surface area (Å²) >= 11 is 0. The Balaban J connectivity index is 2.74. The van der Waals surface area contributed by atoms with E-state index in [2.05, 4.69) is 20.8 Å². The second-order valence-electron chi connectivity index (χ2n) is 6.36.